The second-order valence-corrected chi connectivity index (χ2v) is 3.85. The quantitative estimate of drug-likeness (QED) is 0.681. The molecule has 0 unspecified atom stereocenters. The highest BCUT2D eigenvalue weighted by atomic mass is 16.5. The molecule has 14 heavy (non-hydrogen) atoms. The molecule has 0 amide bonds. The summed E-state index contributed by atoms with van der Waals surface area (Å²) in [4.78, 5) is 2.30. The topological polar surface area (TPSA) is 38.5 Å². The summed E-state index contributed by atoms with van der Waals surface area (Å²) in [6, 6.07) is 4.10. The van der Waals surface area contributed by atoms with Gasteiger partial charge in [-0.25, -0.2) is 0 Å². The largest absolute Gasteiger partial charge is 0.495 e. The van der Waals surface area contributed by atoms with E-state index in [2.05, 4.69) is 18.0 Å². The van der Waals surface area contributed by atoms with E-state index < -0.39 is 0 Å². The first-order valence-electron chi connectivity index (χ1n) is 4.84. The maximum Gasteiger partial charge on any atom is 0.142 e. The Kier molecular flexibility index (Phi) is 2.33. The van der Waals surface area contributed by atoms with Crippen LogP contribution in [0.15, 0.2) is 12.1 Å². The number of anilines is 1. The normalized spacial score (nSPS) is 16.4. The molecule has 0 spiro atoms. The predicted octanol–water partition coefficient (Wildman–Crippen LogP) is 1.27. The van der Waals surface area contributed by atoms with Crippen LogP contribution in [-0.4, -0.2) is 25.6 Å². The Bertz CT molecular complexity index is 349. The fourth-order valence-corrected chi connectivity index (χ4v) is 1.92. The van der Waals surface area contributed by atoms with Crippen LogP contribution in [0.1, 0.15) is 11.1 Å². The van der Waals surface area contributed by atoms with Gasteiger partial charge >= 0.3 is 0 Å². The lowest BCUT2D eigenvalue weighted by molar-refractivity contribution is 0.312. The standard InChI is InChI=1S/C11H16N2O/c1-13-4-3-8-6-11(14-2)10(12)5-9(8)7-13/h5-6H,3-4,7,12H2,1-2H3. The molecule has 1 heterocycles. The number of ether oxygens (including phenoxy) is 1. The number of hydrogen-bond donors (Lipinski definition) is 1. The van der Waals surface area contributed by atoms with Gasteiger partial charge in [-0.05, 0) is 36.7 Å². The maximum absolute atomic E-state index is 5.86. The Balaban J connectivity index is 2.40. The molecule has 2 rings (SSSR count). The lowest BCUT2D eigenvalue weighted by Crippen LogP contribution is -2.26. The van der Waals surface area contributed by atoms with Crippen LogP contribution in [0.25, 0.3) is 0 Å². The van der Waals surface area contributed by atoms with Crippen LogP contribution in [0.2, 0.25) is 0 Å². The molecule has 1 aliphatic heterocycles. The number of methoxy groups -OCH3 is 1. The van der Waals surface area contributed by atoms with Crippen LogP contribution in [0.5, 0.6) is 5.75 Å². The van der Waals surface area contributed by atoms with Crippen LogP contribution in [-0.2, 0) is 13.0 Å². The van der Waals surface area contributed by atoms with E-state index in [4.69, 9.17) is 10.5 Å². The smallest absolute Gasteiger partial charge is 0.142 e. The van der Waals surface area contributed by atoms with Crippen molar-refractivity contribution in [2.24, 2.45) is 0 Å². The van der Waals surface area contributed by atoms with Crippen LogP contribution in [0, 0.1) is 0 Å². The van der Waals surface area contributed by atoms with Crippen LogP contribution < -0.4 is 10.5 Å². The monoisotopic (exact) mass is 192 g/mol. The molecule has 3 heteroatoms. The third-order valence-electron chi connectivity index (χ3n) is 2.76. The SMILES string of the molecule is COc1cc2c(cc1N)CN(C)CC2. The summed E-state index contributed by atoms with van der Waals surface area (Å²) in [6.45, 7) is 2.10. The molecular weight excluding hydrogens is 176 g/mol. The van der Waals surface area contributed by atoms with E-state index in [1.165, 1.54) is 11.1 Å². The fraction of sp³-hybridized carbons (Fsp3) is 0.455. The first-order chi connectivity index (χ1) is 6.70. The summed E-state index contributed by atoms with van der Waals surface area (Å²) >= 11 is 0. The van der Waals surface area contributed by atoms with Crippen molar-refractivity contribution in [2.75, 3.05) is 26.4 Å². The molecule has 0 aromatic heterocycles. The van der Waals surface area contributed by atoms with Crippen molar-refractivity contribution in [1.82, 2.24) is 4.90 Å². The second kappa shape index (κ2) is 3.50. The number of nitrogens with two attached hydrogens (primary N) is 1. The van der Waals surface area contributed by atoms with E-state index in [1.54, 1.807) is 7.11 Å². The van der Waals surface area contributed by atoms with E-state index in [0.717, 1.165) is 30.9 Å². The Hall–Kier alpha value is -1.22. The van der Waals surface area contributed by atoms with Gasteiger partial charge in [-0.15, -0.1) is 0 Å². The van der Waals surface area contributed by atoms with E-state index in [9.17, 15) is 0 Å². The fourth-order valence-electron chi connectivity index (χ4n) is 1.92. The van der Waals surface area contributed by atoms with Crippen molar-refractivity contribution < 1.29 is 4.74 Å². The lowest BCUT2D eigenvalue weighted by Gasteiger charge is -2.25. The average molecular weight is 192 g/mol. The van der Waals surface area contributed by atoms with E-state index in [0.29, 0.717) is 0 Å². The molecule has 0 fully saturated rings. The highest BCUT2D eigenvalue weighted by molar-refractivity contribution is 5.57. The first-order valence-corrected chi connectivity index (χ1v) is 4.84. The molecule has 1 aliphatic rings. The van der Waals surface area contributed by atoms with Gasteiger partial charge in [0, 0.05) is 13.1 Å². The van der Waals surface area contributed by atoms with Crippen LogP contribution in [0.4, 0.5) is 5.69 Å². The van der Waals surface area contributed by atoms with Gasteiger partial charge in [0.05, 0.1) is 12.8 Å². The Morgan fingerprint density at radius 3 is 2.86 bits per heavy atom. The zero-order chi connectivity index (χ0) is 10.1. The molecule has 3 nitrogen and oxygen atoms in total. The van der Waals surface area contributed by atoms with E-state index in [1.807, 2.05) is 6.07 Å². The van der Waals surface area contributed by atoms with Gasteiger partial charge in [0.25, 0.3) is 0 Å². The number of fused-ring (bicyclic) bond motifs is 1. The summed E-state index contributed by atoms with van der Waals surface area (Å²) < 4.78 is 5.20. The van der Waals surface area contributed by atoms with Crippen molar-refractivity contribution in [3.63, 3.8) is 0 Å². The van der Waals surface area contributed by atoms with Gasteiger partial charge in [0.15, 0.2) is 0 Å². The number of nitrogens with zero attached hydrogens (tertiary/aromatic N) is 1. The number of hydrogen-bond acceptors (Lipinski definition) is 3. The molecule has 0 atom stereocenters. The highest BCUT2D eigenvalue weighted by Gasteiger charge is 2.15. The van der Waals surface area contributed by atoms with Gasteiger partial charge in [-0.2, -0.15) is 0 Å². The molecule has 1 aromatic carbocycles. The van der Waals surface area contributed by atoms with E-state index >= 15 is 0 Å². The van der Waals surface area contributed by atoms with Gasteiger partial charge < -0.3 is 15.4 Å². The third kappa shape index (κ3) is 1.55. The van der Waals surface area contributed by atoms with E-state index in [-0.39, 0.29) is 0 Å². The lowest BCUT2D eigenvalue weighted by atomic mass is 9.99. The molecule has 0 aliphatic carbocycles. The van der Waals surface area contributed by atoms with Crippen molar-refractivity contribution in [1.29, 1.82) is 0 Å². The minimum Gasteiger partial charge on any atom is -0.495 e. The average Bonchev–Trinajstić information content (AvgIpc) is 2.16. The zero-order valence-corrected chi connectivity index (χ0v) is 8.71. The van der Waals surface area contributed by atoms with Gasteiger partial charge in [-0.3, -0.25) is 0 Å². The Labute approximate surface area is 84.5 Å². The molecule has 1 aromatic rings. The third-order valence-corrected chi connectivity index (χ3v) is 2.76. The molecule has 0 saturated carbocycles. The number of rotatable bonds is 1. The molecule has 0 bridgehead atoms. The summed E-state index contributed by atoms with van der Waals surface area (Å²) in [5, 5.41) is 0. The Morgan fingerprint density at radius 2 is 2.14 bits per heavy atom. The molecule has 0 radical (unpaired) electrons. The van der Waals surface area contributed by atoms with Crippen molar-refractivity contribution >= 4 is 5.69 Å². The second-order valence-electron chi connectivity index (χ2n) is 3.85. The first kappa shape index (κ1) is 9.34. The maximum atomic E-state index is 5.86. The molecule has 76 valence electrons. The molecule has 0 saturated heterocycles. The minimum absolute atomic E-state index is 0.738. The van der Waals surface area contributed by atoms with Crippen molar-refractivity contribution in [3.8, 4) is 5.75 Å². The Morgan fingerprint density at radius 1 is 1.36 bits per heavy atom. The summed E-state index contributed by atoms with van der Waals surface area (Å²) in [6.07, 6.45) is 1.09. The predicted molar refractivity (Wildman–Crippen MR) is 57.4 cm³/mol. The van der Waals surface area contributed by atoms with Gasteiger partial charge in [0.2, 0.25) is 0 Å². The van der Waals surface area contributed by atoms with Crippen LogP contribution >= 0.6 is 0 Å². The van der Waals surface area contributed by atoms with Gasteiger partial charge in [-0.1, -0.05) is 0 Å². The zero-order valence-electron chi connectivity index (χ0n) is 8.71. The van der Waals surface area contributed by atoms with Crippen molar-refractivity contribution in [2.45, 2.75) is 13.0 Å². The minimum atomic E-state index is 0.738. The number of likely N-dealkylation sites (N-methyl/N-ethyl adjacent to an activating group) is 1. The van der Waals surface area contributed by atoms with Crippen molar-refractivity contribution in [3.05, 3.63) is 23.3 Å². The molecule has 2 N–H and O–H groups in total. The van der Waals surface area contributed by atoms with Gasteiger partial charge in [0.1, 0.15) is 5.75 Å². The molecular formula is C11H16N2O. The summed E-state index contributed by atoms with van der Waals surface area (Å²) in [5.41, 5.74) is 9.29. The summed E-state index contributed by atoms with van der Waals surface area (Å²) in [5.74, 6) is 0.799. The number of benzene rings is 1. The summed E-state index contributed by atoms with van der Waals surface area (Å²) in [7, 11) is 3.79. The van der Waals surface area contributed by atoms with Crippen LogP contribution in [0.3, 0.4) is 0 Å². The highest BCUT2D eigenvalue weighted by Crippen LogP contribution is 2.28. The number of nitrogen functional groups attached to an aromatic ring is 1.